The zero-order chi connectivity index (χ0) is 19.2. The Labute approximate surface area is 156 Å². The molecule has 3 N–H and O–H groups in total. The Bertz CT molecular complexity index is 660. The molecule has 1 aromatic carbocycles. The summed E-state index contributed by atoms with van der Waals surface area (Å²) in [4.78, 5) is 35.8. The van der Waals surface area contributed by atoms with E-state index < -0.39 is 29.4 Å². The zero-order valence-electron chi connectivity index (χ0n) is 14.4. The van der Waals surface area contributed by atoms with Crippen LogP contribution in [0.2, 0.25) is 10.0 Å². The topological polar surface area (TPSA) is 95.5 Å². The van der Waals surface area contributed by atoms with Crippen LogP contribution in [0.1, 0.15) is 50.4 Å². The minimum Gasteiger partial charge on any atom is -0.481 e. The smallest absolute Gasteiger partial charge is 0.305 e. The molecule has 0 saturated carbocycles. The molecule has 25 heavy (non-hydrogen) atoms. The number of hydrogen-bond donors (Lipinski definition) is 3. The van der Waals surface area contributed by atoms with Crippen LogP contribution in [0.5, 0.6) is 0 Å². The average molecular weight is 389 g/mol. The molecule has 0 aliphatic carbocycles. The maximum absolute atomic E-state index is 12.4. The highest BCUT2D eigenvalue weighted by atomic mass is 35.5. The third kappa shape index (κ3) is 5.61. The van der Waals surface area contributed by atoms with Gasteiger partial charge in [-0.1, -0.05) is 43.1 Å². The van der Waals surface area contributed by atoms with Gasteiger partial charge in [0.2, 0.25) is 5.91 Å². The molecule has 1 atom stereocenters. The maximum atomic E-state index is 12.4. The summed E-state index contributed by atoms with van der Waals surface area (Å²) < 4.78 is 0. The first-order valence-corrected chi connectivity index (χ1v) is 8.70. The molecule has 6 nitrogen and oxygen atoms in total. The van der Waals surface area contributed by atoms with E-state index in [4.69, 9.17) is 28.3 Å². The Morgan fingerprint density at radius 1 is 1.20 bits per heavy atom. The van der Waals surface area contributed by atoms with E-state index >= 15 is 0 Å². The first-order valence-electron chi connectivity index (χ1n) is 7.94. The summed E-state index contributed by atoms with van der Waals surface area (Å²) in [6.07, 6.45) is 0.733. The number of nitrogens with one attached hydrogen (secondary N) is 2. The SMILES string of the molecule is CCC(CC)(CC(=O)O)NC(=O)C(C)NC(=O)c1cccc(Cl)c1Cl. The van der Waals surface area contributed by atoms with Crippen LogP contribution < -0.4 is 10.6 Å². The molecular formula is C17H22Cl2N2O4. The number of rotatable bonds is 8. The Hall–Kier alpha value is -1.79. The number of amides is 2. The van der Waals surface area contributed by atoms with Gasteiger partial charge in [-0.3, -0.25) is 14.4 Å². The van der Waals surface area contributed by atoms with Crippen molar-refractivity contribution in [3.63, 3.8) is 0 Å². The predicted molar refractivity (Wildman–Crippen MR) is 97.1 cm³/mol. The average Bonchev–Trinajstić information content (AvgIpc) is 2.55. The van der Waals surface area contributed by atoms with Gasteiger partial charge in [0.25, 0.3) is 5.91 Å². The van der Waals surface area contributed by atoms with Gasteiger partial charge < -0.3 is 15.7 Å². The Morgan fingerprint density at radius 2 is 1.80 bits per heavy atom. The largest absolute Gasteiger partial charge is 0.481 e. The summed E-state index contributed by atoms with van der Waals surface area (Å²) in [5.74, 6) is -1.99. The number of carboxylic acids is 1. The van der Waals surface area contributed by atoms with Crippen molar-refractivity contribution in [1.29, 1.82) is 0 Å². The fraction of sp³-hybridized carbons (Fsp3) is 0.471. The lowest BCUT2D eigenvalue weighted by Gasteiger charge is -2.32. The van der Waals surface area contributed by atoms with E-state index in [0.29, 0.717) is 12.8 Å². The van der Waals surface area contributed by atoms with E-state index in [1.807, 2.05) is 13.8 Å². The van der Waals surface area contributed by atoms with Gasteiger partial charge in [-0.15, -0.1) is 0 Å². The van der Waals surface area contributed by atoms with Gasteiger partial charge >= 0.3 is 5.97 Å². The molecule has 0 radical (unpaired) electrons. The summed E-state index contributed by atoms with van der Waals surface area (Å²) in [5, 5.41) is 14.7. The fourth-order valence-electron chi connectivity index (χ4n) is 2.40. The van der Waals surface area contributed by atoms with E-state index in [0.717, 1.165) is 0 Å². The van der Waals surface area contributed by atoms with Gasteiger partial charge in [-0.25, -0.2) is 0 Å². The fourth-order valence-corrected chi connectivity index (χ4v) is 2.79. The highest BCUT2D eigenvalue weighted by Gasteiger charge is 2.32. The number of carboxylic acid groups (broad SMARTS) is 1. The lowest BCUT2D eigenvalue weighted by molar-refractivity contribution is -0.139. The van der Waals surface area contributed by atoms with Crippen LogP contribution in [-0.2, 0) is 9.59 Å². The van der Waals surface area contributed by atoms with Crippen molar-refractivity contribution >= 4 is 41.0 Å². The molecule has 8 heteroatoms. The minimum atomic E-state index is -0.994. The first-order chi connectivity index (χ1) is 11.7. The summed E-state index contributed by atoms with van der Waals surface area (Å²) >= 11 is 11.9. The second kappa shape index (κ2) is 9.06. The van der Waals surface area contributed by atoms with Crippen molar-refractivity contribution in [3.05, 3.63) is 33.8 Å². The molecule has 0 saturated heterocycles. The Morgan fingerprint density at radius 3 is 2.32 bits per heavy atom. The van der Waals surface area contributed by atoms with Crippen molar-refractivity contribution in [2.24, 2.45) is 0 Å². The second-order valence-corrected chi connectivity index (χ2v) is 6.63. The minimum absolute atomic E-state index is 0.108. The number of halogens is 2. The van der Waals surface area contributed by atoms with Crippen LogP contribution in [0.25, 0.3) is 0 Å². The highest BCUT2D eigenvalue weighted by molar-refractivity contribution is 6.43. The van der Waals surface area contributed by atoms with Crippen molar-refractivity contribution in [3.8, 4) is 0 Å². The van der Waals surface area contributed by atoms with E-state index in [1.54, 1.807) is 12.1 Å². The van der Waals surface area contributed by atoms with Gasteiger partial charge in [-0.2, -0.15) is 0 Å². The summed E-state index contributed by atoms with van der Waals surface area (Å²) in [6.45, 7) is 5.13. The number of benzene rings is 1. The first kappa shape index (κ1) is 21.3. The summed E-state index contributed by atoms with van der Waals surface area (Å²) in [6, 6.07) is 3.77. The van der Waals surface area contributed by atoms with E-state index in [-0.39, 0.29) is 22.0 Å². The molecule has 1 rings (SSSR count). The van der Waals surface area contributed by atoms with Gasteiger partial charge in [0, 0.05) is 0 Å². The molecule has 1 aromatic rings. The molecule has 0 aliphatic rings. The van der Waals surface area contributed by atoms with Crippen LogP contribution in [0.4, 0.5) is 0 Å². The number of hydrogen-bond acceptors (Lipinski definition) is 3. The van der Waals surface area contributed by atoms with E-state index in [1.165, 1.54) is 13.0 Å². The maximum Gasteiger partial charge on any atom is 0.305 e. The number of carbonyl (C=O) groups excluding carboxylic acids is 2. The third-order valence-corrected chi connectivity index (χ3v) is 4.99. The van der Waals surface area contributed by atoms with Crippen LogP contribution in [0.3, 0.4) is 0 Å². The van der Waals surface area contributed by atoms with Crippen LogP contribution in [0, 0.1) is 0 Å². The predicted octanol–water partition coefficient (Wildman–Crippen LogP) is 3.26. The monoisotopic (exact) mass is 388 g/mol. The summed E-state index contributed by atoms with van der Waals surface area (Å²) in [7, 11) is 0. The normalized spacial score (nSPS) is 12.4. The molecule has 0 spiro atoms. The second-order valence-electron chi connectivity index (χ2n) is 5.84. The van der Waals surface area contributed by atoms with Crippen LogP contribution in [-0.4, -0.2) is 34.5 Å². The van der Waals surface area contributed by atoms with Crippen molar-refractivity contribution in [2.75, 3.05) is 0 Å². The standard InChI is InChI=1S/C17H22Cl2N2O4/c1-4-17(5-2,9-13(22)23)21-15(24)10(3)20-16(25)11-7-6-8-12(18)14(11)19/h6-8,10H,4-5,9H2,1-3H3,(H,20,25)(H,21,24)(H,22,23). The number of aliphatic carboxylic acids is 1. The molecule has 0 bridgehead atoms. The van der Waals surface area contributed by atoms with Gasteiger partial charge in [0.15, 0.2) is 0 Å². The molecular weight excluding hydrogens is 367 g/mol. The van der Waals surface area contributed by atoms with Crippen molar-refractivity contribution in [2.45, 2.75) is 51.6 Å². The molecule has 2 amide bonds. The third-order valence-electron chi connectivity index (χ3n) is 4.17. The van der Waals surface area contributed by atoms with Crippen LogP contribution in [0.15, 0.2) is 18.2 Å². The zero-order valence-corrected chi connectivity index (χ0v) is 15.9. The lowest BCUT2D eigenvalue weighted by atomic mass is 9.88. The molecule has 0 heterocycles. The van der Waals surface area contributed by atoms with E-state index in [9.17, 15) is 14.4 Å². The summed E-state index contributed by atoms with van der Waals surface area (Å²) in [5.41, 5.74) is -0.688. The molecule has 138 valence electrons. The van der Waals surface area contributed by atoms with Crippen LogP contribution >= 0.6 is 23.2 Å². The van der Waals surface area contributed by atoms with Gasteiger partial charge in [-0.05, 0) is 31.9 Å². The lowest BCUT2D eigenvalue weighted by Crippen LogP contribution is -2.55. The quantitative estimate of drug-likeness (QED) is 0.636. The number of carbonyl (C=O) groups is 3. The van der Waals surface area contributed by atoms with Crippen molar-refractivity contribution in [1.82, 2.24) is 10.6 Å². The Kier molecular flexibility index (Phi) is 7.70. The van der Waals surface area contributed by atoms with Gasteiger partial charge in [0.05, 0.1) is 27.6 Å². The van der Waals surface area contributed by atoms with E-state index in [2.05, 4.69) is 10.6 Å². The van der Waals surface area contributed by atoms with Gasteiger partial charge in [0.1, 0.15) is 6.04 Å². The molecule has 0 fully saturated rings. The molecule has 0 aliphatic heterocycles. The molecule has 1 unspecified atom stereocenters. The highest BCUT2D eigenvalue weighted by Crippen LogP contribution is 2.25. The van der Waals surface area contributed by atoms with Crippen molar-refractivity contribution < 1.29 is 19.5 Å². The Balaban J connectivity index is 2.83. The molecule has 0 aromatic heterocycles.